The molecule has 0 amide bonds. The van der Waals surface area contributed by atoms with Gasteiger partial charge in [0.1, 0.15) is 15.7 Å². The zero-order valence-corrected chi connectivity index (χ0v) is 25.9. The van der Waals surface area contributed by atoms with Crippen LogP contribution >= 0.6 is 11.3 Å². The van der Waals surface area contributed by atoms with Gasteiger partial charge in [0, 0.05) is 23.2 Å². The van der Waals surface area contributed by atoms with E-state index in [2.05, 4.69) is 15.0 Å². The molecule has 5 fully saturated rings. The summed E-state index contributed by atoms with van der Waals surface area (Å²) in [6, 6.07) is 10.0. The number of benzene rings is 2. The van der Waals surface area contributed by atoms with Gasteiger partial charge in [-0.25, -0.2) is 40.6 Å². The Kier molecular flexibility index (Phi) is 6.05. The number of sulfone groups is 1. The van der Waals surface area contributed by atoms with Crippen LogP contribution in [0.4, 0.5) is 20.4 Å². The first kappa shape index (κ1) is 28.0. The summed E-state index contributed by atoms with van der Waals surface area (Å²) in [4.78, 5) is 14.1. The number of rotatable bonds is 8. The second-order valence-electron chi connectivity index (χ2n) is 12.5. The molecule has 4 aliphatic carbocycles. The van der Waals surface area contributed by atoms with E-state index in [0.29, 0.717) is 28.1 Å². The lowest BCUT2D eigenvalue weighted by molar-refractivity contribution is -0.0274. The summed E-state index contributed by atoms with van der Waals surface area (Å²) in [6.45, 7) is 1.47. The maximum absolute atomic E-state index is 16.2. The van der Waals surface area contributed by atoms with E-state index in [0.717, 1.165) is 30.3 Å². The number of nitrogens with zero attached hydrogens (tertiary/aromatic N) is 3. The van der Waals surface area contributed by atoms with E-state index in [-0.39, 0.29) is 51.6 Å². The number of sulfonamides is 1. The lowest BCUT2D eigenvalue weighted by Crippen LogP contribution is -2.55. The van der Waals surface area contributed by atoms with Crippen molar-refractivity contribution < 1.29 is 25.6 Å². The fourth-order valence-electron chi connectivity index (χ4n) is 7.06. The Morgan fingerprint density at radius 3 is 2.41 bits per heavy atom. The predicted molar refractivity (Wildman–Crippen MR) is 163 cm³/mol. The van der Waals surface area contributed by atoms with E-state index in [9.17, 15) is 21.2 Å². The smallest absolute Gasteiger partial charge is 0.265 e. The van der Waals surface area contributed by atoms with Crippen molar-refractivity contribution in [3.8, 4) is 21.8 Å². The second-order valence-corrected chi connectivity index (χ2v) is 17.2. The third-order valence-electron chi connectivity index (χ3n) is 9.46. The molecule has 14 heteroatoms. The molecule has 2 aromatic carbocycles. The fraction of sp³-hybridized carbons (Fsp3) is 0.367. The van der Waals surface area contributed by atoms with Gasteiger partial charge >= 0.3 is 0 Å². The van der Waals surface area contributed by atoms with Crippen LogP contribution in [0.3, 0.4) is 0 Å². The lowest BCUT2D eigenvalue weighted by Gasteiger charge is -2.60. The minimum absolute atomic E-state index is 0.00807. The van der Waals surface area contributed by atoms with Crippen LogP contribution in [0, 0.1) is 36.3 Å². The summed E-state index contributed by atoms with van der Waals surface area (Å²) in [6.07, 6.45) is 4.70. The van der Waals surface area contributed by atoms with Crippen molar-refractivity contribution in [1.29, 1.82) is 0 Å². The molecule has 3 heterocycles. The normalized spacial score (nSPS) is 27.6. The third-order valence-corrected chi connectivity index (χ3v) is 14.1. The molecule has 2 aromatic heterocycles. The van der Waals surface area contributed by atoms with Crippen LogP contribution < -0.4 is 10.0 Å². The van der Waals surface area contributed by atoms with Gasteiger partial charge in [-0.3, -0.25) is 4.72 Å². The lowest BCUT2D eigenvalue weighted by atomic mass is 9.45. The van der Waals surface area contributed by atoms with E-state index in [4.69, 9.17) is 9.97 Å². The molecule has 0 spiro atoms. The maximum Gasteiger partial charge on any atom is 0.265 e. The minimum Gasteiger partial charge on any atom is -0.351 e. The molecule has 0 unspecified atom stereocenters. The van der Waals surface area contributed by atoms with Crippen LogP contribution in [0.25, 0.3) is 21.8 Å². The van der Waals surface area contributed by atoms with Crippen molar-refractivity contribution in [1.82, 2.24) is 15.0 Å². The van der Waals surface area contributed by atoms with Crippen LogP contribution in [-0.2, 0) is 25.3 Å². The molecule has 9 nitrogen and oxygen atoms in total. The molecule has 1 saturated heterocycles. The molecule has 2 bridgehead atoms. The van der Waals surface area contributed by atoms with Gasteiger partial charge in [-0.1, -0.05) is 18.2 Å². The number of hydrogen-bond donors (Lipinski definition) is 2. The Hall–Kier alpha value is -3.49. The van der Waals surface area contributed by atoms with Gasteiger partial charge in [0.25, 0.3) is 10.0 Å². The minimum atomic E-state index is -4.44. The Bertz CT molecular complexity index is 2030. The molecule has 228 valence electrons. The first-order valence-corrected chi connectivity index (χ1v) is 18.4. The van der Waals surface area contributed by atoms with Gasteiger partial charge in [-0.05, 0) is 73.8 Å². The van der Waals surface area contributed by atoms with Crippen molar-refractivity contribution in [3.63, 3.8) is 0 Å². The summed E-state index contributed by atoms with van der Waals surface area (Å²) in [5, 5.41) is 4.18. The molecule has 9 rings (SSSR count). The van der Waals surface area contributed by atoms with Gasteiger partial charge in [-0.2, -0.15) is 0 Å². The van der Waals surface area contributed by atoms with Crippen molar-refractivity contribution >= 4 is 42.8 Å². The molecule has 44 heavy (non-hydrogen) atoms. The quantitative estimate of drug-likeness (QED) is 0.266. The molecule has 4 saturated carbocycles. The maximum atomic E-state index is 16.2. The van der Waals surface area contributed by atoms with E-state index in [1.807, 2.05) is 0 Å². The monoisotopic (exact) mass is 655 g/mol. The number of nitrogens with one attached hydrogen (secondary N) is 2. The summed E-state index contributed by atoms with van der Waals surface area (Å²) in [5.41, 5.74) is 0.813. The Labute approximate surface area is 257 Å². The molecular formula is C30H27F2N5O4S3. The third kappa shape index (κ3) is 4.44. The highest BCUT2D eigenvalue weighted by Gasteiger charge is 2.60. The zero-order valence-electron chi connectivity index (χ0n) is 23.4. The number of thiazole rings is 1. The largest absolute Gasteiger partial charge is 0.351 e. The highest BCUT2D eigenvalue weighted by molar-refractivity contribution is 7.92. The van der Waals surface area contributed by atoms with Gasteiger partial charge in [0.05, 0.1) is 33.5 Å². The second kappa shape index (κ2) is 9.51. The Morgan fingerprint density at radius 1 is 1.00 bits per heavy atom. The fourth-order valence-corrected chi connectivity index (χ4v) is 11.9. The molecule has 5 aliphatic rings. The summed E-state index contributed by atoms with van der Waals surface area (Å²) in [7, 11) is -7.43. The van der Waals surface area contributed by atoms with Crippen LogP contribution in [0.15, 0.2) is 53.6 Å². The molecule has 3 atom stereocenters. The average molecular weight is 656 g/mol. The summed E-state index contributed by atoms with van der Waals surface area (Å²) >= 11 is 1.45. The SMILES string of the molecule is Cc1cccc(F)c1S(=O)(=O)Nc1cccc(-c2nc(C34CC(C3)C4)sc2-c2ccnc(N[C@@H]3[C@@H]4CS(=O)(=O)C[C@@H]43)n2)c1F. The van der Waals surface area contributed by atoms with Gasteiger partial charge < -0.3 is 5.32 Å². The van der Waals surface area contributed by atoms with Crippen molar-refractivity contribution in [2.24, 2.45) is 17.8 Å². The number of fused-ring (bicyclic) bond motifs is 1. The van der Waals surface area contributed by atoms with Crippen LogP contribution in [0.2, 0.25) is 0 Å². The Morgan fingerprint density at radius 2 is 1.73 bits per heavy atom. The van der Waals surface area contributed by atoms with Crippen molar-refractivity contribution in [3.05, 3.63) is 70.9 Å². The number of aromatic nitrogens is 3. The standard InChI is InChI=1S/C30H27F2N5O4S3/c1-15-4-2-6-20(31)27(15)44(40,41)37-21-7-3-5-17(23(21)32)25-26(42-28(35-25)30-10-16(11-30)12-30)22-8-9-33-29(34-22)36-24-18-13-43(38,39)14-19(18)24/h2-9,16,18-19,24,37H,10-14H2,1H3,(H,33,34,36)/t16?,18-,19+,24-,30?. The van der Waals surface area contributed by atoms with Gasteiger partial charge in [-0.15, -0.1) is 11.3 Å². The number of hydrogen-bond acceptors (Lipinski definition) is 9. The molecule has 2 N–H and O–H groups in total. The first-order chi connectivity index (χ1) is 20.9. The van der Waals surface area contributed by atoms with E-state index in [1.54, 1.807) is 12.3 Å². The highest BCUT2D eigenvalue weighted by Crippen LogP contribution is 2.66. The number of anilines is 2. The van der Waals surface area contributed by atoms with Crippen LogP contribution in [0.1, 0.15) is 29.8 Å². The molecule has 1 aliphatic heterocycles. The van der Waals surface area contributed by atoms with E-state index in [1.165, 1.54) is 48.6 Å². The zero-order chi connectivity index (χ0) is 30.6. The highest BCUT2D eigenvalue weighted by atomic mass is 32.2. The predicted octanol–water partition coefficient (Wildman–Crippen LogP) is 5.16. The molecule has 4 aromatic rings. The van der Waals surface area contributed by atoms with Crippen molar-refractivity contribution in [2.45, 2.75) is 42.5 Å². The van der Waals surface area contributed by atoms with E-state index >= 15 is 4.39 Å². The molecular weight excluding hydrogens is 629 g/mol. The Balaban J connectivity index is 1.16. The molecule has 0 radical (unpaired) electrons. The van der Waals surface area contributed by atoms with Gasteiger partial charge in [0.2, 0.25) is 5.95 Å². The topological polar surface area (TPSA) is 131 Å². The summed E-state index contributed by atoms with van der Waals surface area (Å²) in [5.74, 6) is -0.283. The number of halogens is 2. The van der Waals surface area contributed by atoms with Crippen LogP contribution in [-0.4, -0.2) is 49.3 Å². The number of aryl methyl sites for hydroxylation is 1. The van der Waals surface area contributed by atoms with Crippen LogP contribution in [0.5, 0.6) is 0 Å². The van der Waals surface area contributed by atoms with Crippen molar-refractivity contribution in [2.75, 3.05) is 21.5 Å². The van der Waals surface area contributed by atoms with E-state index < -0.39 is 36.4 Å². The summed E-state index contributed by atoms with van der Waals surface area (Å²) < 4.78 is 83.1. The average Bonchev–Trinajstić information content (AvgIpc) is 3.21. The first-order valence-electron chi connectivity index (χ1n) is 14.3. The van der Waals surface area contributed by atoms with Gasteiger partial charge in [0.15, 0.2) is 15.7 Å².